The van der Waals surface area contributed by atoms with E-state index in [1.165, 1.54) is 0 Å². The highest BCUT2D eigenvalue weighted by Crippen LogP contribution is 1.78. The van der Waals surface area contributed by atoms with Crippen molar-refractivity contribution in [1.29, 1.82) is 0 Å². The summed E-state index contributed by atoms with van der Waals surface area (Å²) in [5.74, 6) is 0. The van der Waals surface area contributed by atoms with Crippen LogP contribution in [-0.4, -0.2) is 30.5 Å². The highest BCUT2D eigenvalue weighted by Gasteiger charge is 2.01. The monoisotopic (exact) mass is 134 g/mol. The Hall–Kier alpha value is -0.810. The molecule has 0 radical (unpaired) electrons. The molecule has 0 rings (SSSR count). The van der Waals surface area contributed by atoms with E-state index in [9.17, 15) is 4.79 Å². The Bertz CT molecular complexity index is 95.8. The van der Waals surface area contributed by atoms with Gasteiger partial charge >= 0.3 is 6.09 Å². The molecule has 0 bridgehead atoms. The van der Waals surface area contributed by atoms with Crippen LogP contribution in [-0.2, 0) is 4.74 Å². The first-order valence-corrected chi connectivity index (χ1v) is 2.45. The maximum atomic E-state index is 9.88. The number of ether oxygens (including phenoxy) is 1. The number of nitrogens with two attached hydrogens (primary N) is 2. The number of hydrogen-bond donors (Lipinski definition) is 3. The SMILES string of the molecule is NC(=O)OC[C@H](N)CO. The fraction of sp³-hybridized carbons (Fsp3) is 0.750. The van der Waals surface area contributed by atoms with Crippen LogP contribution in [0.1, 0.15) is 0 Å². The summed E-state index contributed by atoms with van der Waals surface area (Å²) in [5.41, 5.74) is 9.74. The van der Waals surface area contributed by atoms with Crippen molar-refractivity contribution in [1.82, 2.24) is 0 Å². The first-order valence-electron chi connectivity index (χ1n) is 2.45. The summed E-state index contributed by atoms with van der Waals surface area (Å²) in [6.45, 7) is -0.251. The van der Waals surface area contributed by atoms with Crippen LogP contribution < -0.4 is 11.5 Å². The van der Waals surface area contributed by atoms with Gasteiger partial charge in [0.25, 0.3) is 0 Å². The normalized spacial score (nSPS) is 12.7. The van der Waals surface area contributed by atoms with E-state index in [4.69, 9.17) is 10.8 Å². The molecular weight excluding hydrogens is 124 g/mol. The van der Waals surface area contributed by atoms with Crippen molar-refractivity contribution in [2.24, 2.45) is 11.5 Å². The average molecular weight is 134 g/mol. The van der Waals surface area contributed by atoms with Gasteiger partial charge in [0.2, 0.25) is 0 Å². The summed E-state index contributed by atoms with van der Waals surface area (Å²) in [4.78, 5) is 9.88. The van der Waals surface area contributed by atoms with Crippen molar-refractivity contribution in [3.05, 3.63) is 0 Å². The van der Waals surface area contributed by atoms with Gasteiger partial charge in [0.1, 0.15) is 6.61 Å². The van der Waals surface area contributed by atoms with Gasteiger partial charge in [0.05, 0.1) is 12.6 Å². The third kappa shape index (κ3) is 5.05. The lowest BCUT2D eigenvalue weighted by molar-refractivity contribution is 0.134. The van der Waals surface area contributed by atoms with Crippen molar-refractivity contribution >= 4 is 6.09 Å². The van der Waals surface area contributed by atoms with Crippen LogP contribution in [0.2, 0.25) is 0 Å². The van der Waals surface area contributed by atoms with Crippen LogP contribution in [0.3, 0.4) is 0 Å². The zero-order chi connectivity index (χ0) is 7.28. The Labute approximate surface area is 52.6 Å². The maximum absolute atomic E-state index is 9.88. The van der Waals surface area contributed by atoms with Crippen molar-refractivity contribution < 1.29 is 14.6 Å². The van der Waals surface area contributed by atoms with Crippen LogP contribution in [0, 0.1) is 0 Å². The summed E-state index contributed by atoms with van der Waals surface area (Å²) >= 11 is 0. The Kier molecular flexibility index (Phi) is 3.74. The molecule has 5 N–H and O–H groups in total. The molecule has 0 heterocycles. The van der Waals surface area contributed by atoms with Crippen LogP contribution in [0.5, 0.6) is 0 Å². The van der Waals surface area contributed by atoms with Crippen molar-refractivity contribution in [3.63, 3.8) is 0 Å². The summed E-state index contributed by atoms with van der Waals surface area (Å²) in [6.07, 6.45) is -0.876. The second-order valence-corrected chi connectivity index (χ2v) is 1.57. The molecule has 0 saturated carbocycles. The Balaban J connectivity index is 3.16. The lowest BCUT2D eigenvalue weighted by atomic mass is 10.4. The van der Waals surface area contributed by atoms with Gasteiger partial charge in [0, 0.05) is 0 Å². The molecule has 5 nitrogen and oxygen atoms in total. The van der Waals surface area contributed by atoms with Crippen LogP contribution >= 0.6 is 0 Å². The molecule has 0 fully saturated rings. The number of amides is 1. The van der Waals surface area contributed by atoms with E-state index in [0.29, 0.717) is 0 Å². The molecule has 9 heavy (non-hydrogen) atoms. The van der Waals surface area contributed by atoms with E-state index in [1.54, 1.807) is 0 Å². The highest BCUT2D eigenvalue weighted by molar-refractivity contribution is 5.64. The van der Waals surface area contributed by atoms with Crippen molar-refractivity contribution in [2.45, 2.75) is 6.04 Å². The molecule has 0 spiro atoms. The maximum Gasteiger partial charge on any atom is 0.404 e. The van der Waals surface area contributed by atoms with E-state index in [-0.39, 0.29) is 13.2 Å². The minimum Gasteiger partial charge on any atom is -0.448 e. The predicted molar refractivity (Wildman–Crippen MR) is 30.6 cm³/mol. The third-order valence-corrected chi connectivity index (χ3v) is 0.674. The Morgan fingerprint density at radius 2 is 2.33 bits per heavy atom. The van der Waals surface area contributed by atoms with Crippen LogP contribution in [0.25, 0.3) is 0 Å². The summed E-state index contributed by atoms with van der Waals surface area (Å²) in [5, 5.41) is 8.29. The van der Waals surface area contributed by atoms with Crippen molar-refractivity contribution in [2.75, 3.05) is 13.2 Å². The Morgan fingerprint density at radius 1 is 1.78 bits per heavy atom. The molecule has 0 aliphatic rings. The molecule has 5 heteroatoms. The number of rotatable bonds is 3. The second-order valence-electron chi connectivity index (χ2n) is 1.57. The van der Waals surface area contributed by atoms with Gasteiger partial charge in [0.15, 0.2) is 0 Å². The van der Waals surface area contributed by atoms with Crippen LogP contribution in [0.4, 0.5) is 4.79 Å². The first-order chi connectivity index (χ1) is 4.16. The summed E-state index contributed by atoms with van der Waals surface area (Å²) in [6, 6.07) is -0.530. The van der Waals surface area contributed by atoms with Gasteiger partial charge < -0.3 is 21.3 Å². The number of hydrogen-bond acceptors (Lipinski definition) is 4. The van der Waals surface area contributed by atoms with Gasteiger partial charge in [-0.3, -0.25) is 0 Å². The van der Waals surface area contributed by atoms with E-state index in [1.807, 2.05) is 0 Å². The molecule has 0 unspecified atom stereocenters. The van der Waals surface area contributed by atoms with E-state index < -0.39 is 12.1 Å². The molecular formula is C4H10N2O3. The zero-order valence-corrected chi connectivity index (χ0v) is 4.91. The van der Waals surface area contributed by atoms with Gasteiger partial charge in [-0.1, -0.05) is 0 Å². The fourth-order valence-corrected chi connectivity index (χ4v) is 0.242. The summed E-state index contributed by atoms with van der Waals surface area (Å²) in [7, 11) is 0. The van der Waals surface area contributed by atoms with E-state index in [2.05, 4.69) is 10.5 Å². The molecule has 0 aliphatic heterocycles. The first kappa shape index (κ1) is 8.19. The van der Waals surface area contributed by atoms with E-state index in [0.717, 1.165) is 0 Å². The minimum absolute atomic E-state index is 0.0359. The number of carbonyl (C=O) groups is 1. The topological polar surface area (TPSA) is 98.6 Å². The molecule has 0 aliphatic carbocycles. The Morgan fingerprint density at radius 3 is 2.67 bits per heavy atom. The largest absolute Gasteiger partial charge is 0.448 e. The van der Waals surface area contributed by atoms with Gasteiger partial charge in [-0.15, -0.1) is 0 Å². The quantitative estimate of drug-likeness (QED) is 0.433. The van der Waals surface area contributed by atoms with Crippen molar-refractivity contribution in [3.8, 4) is 0 Å². The van der Waals surface area contributed by atoms with Gasteiger partial charge in [-0.05, 0) is 0 Å². The summed E-state index contributed by atoms with van der Waals surface area (Å²) < 4.78 is 4.25. The molecule has 54 valence electrons. The molecule has 1 atom stereocenters. The van der Waals surface area contributed by atoms with Gasteiger partial charge in [-0.25, -0.2) is 4.79 Å². The predicted octanol–water partition coefficient (Wildman–Crippen LogP) is -1.60. The molecule has 1 amide bonds. The smallest absolute Gasteiger partial charge is 0.404 e. The molecule has 0 aromatic heterocycles. The number of primary amides is 1. The third-order valence-electron chi connectivity index (χ3n) is 0.674. The molecule has 0 aromatic rings. The number of aliphatic hydroxyl groups is 1. The fourth-order valence-electron chi connectivity index (χ4n) is 0.242. The second kappa shape index (κ2) is 4.11. The van der Waals surface area contributed by atoms with E-state index >= 15 is 0 Å². The zero-order valence-electron chi connectivity index (χ0n) is 4.91. The number of carbonyl (C=O) groups excluding carboxylic acids is 1. The average Bonchev–Trinajstić information content (AvgIpc) is 1.83. The lowest BCUT2D eigenvalue weighted by Crippen LogP contribution is -2.32. The number of aliphatic hydroxyl groups excluding tert-OH is 1. The minimum atomic E-state index is -0.876. The standard InChI is InChI=1S/C4H10N2O3/c5-3(1-7)2-9-4(6)8/h3,7H,1-2,5H2,(H2,6,8)/t3-/m1/s1. The highest BCUT2D eigenvalue weighted by atomic mass is 16.5. The molecule has 0 aromatic carbocycles. The van der Waals surface area contributed by atoms with Gasteiger partial charge in [-0.2, -0.15) is 0 Å². The molecule has 0 saturated heterocycles. The van der Waals surface area contributed by atoms with Crippen LogP contribution in [0.15, 0.2) is 0 Å². The lowest BCUT2D eigenvalue weighted by Gasteiger charge is -2.05.